The maximum absolute atomic E-state index is 4.80. The van der Waals surface area contributed by atoms with Gasteiger partial charge in [-0.2, -0.15) is 10.3 Å². The van der Waals surface area contributed by atoms with Crippen molar-refractivity contribution in [1.29, 1.82) is 0 Å². The second-order valence-corrected chi connectivity index (χ2v) is 5.89. The van der Waals surface area contributed by atoms with Crippen molar-refractivity contribution in [2.45, 2.75) is 38.6 Å². The molecule has 0 aliphatic heterocycles. The number of hydrogen-bond acceptors (Lipinski definition) is 5. The van der Waals surface area contributed by atoms with Crippen LogP contribution in [0.1, 0.15) is 44.5 Å². The number of aromatic nitrogens is 7. The standard InChI is InChI=1S/C15H17N7/c1-9(2)22-15(16-13(19-22)10-7-8-10)12-6-4-3-5-11(12)14-17-20-21-18-14/h3-6,9-10H,7-8H2,1-2H3,(H,17,18,20,21). The zero-order valence-electron chi connectivity index (χ0n) is 12.6. The molecule has 0 bridgehead atoms. The van der Waals surface area contributed by atoms with Gasteiger partial charge in [-0.1, -0.05) is 24.3 Å². The van der Waals surface area contributed by atoms with Crippen LogP contribution in [-0.4, -0.2) is 35.4 Å². The molecule has 3 aromatic rings. The summed E-state index contributed by atoms with van der Waals surface area (Å²) in [6.45, 7) is 4.23. The molecule has 7 heteroatoms. The zero-order valence-corrected chi connectivity index (χ0v) is 12.6. The van der Waals surface area contributed by atoms with E-state index >= 15 is 0 Å². The van der Waals surface area contributed by atoms with E-state index in [0.717, 1.165) is 22.8 Å². The lowest BCUT2D eigenvalue weighted by molar-refractivity contribution is 0.532. The molecule has 0 spiro atoms. The van der Waals surface area contributed by atoms with Crippen LogP contribution in [0.25, 0.3) is 22.8 Å². The van der Waals surface area contributed by atoms with Crippen molar-refractivity contribution in [2.75, 3.05) is 0 Å². The molecule has 1 aromatic carbocycles. The van der Waals surface area contributed by atoms with Gasteiger partial charge in [0, 0.05) is 23.1 Å². The molecule has 22 heavy (non-hydrogen) atoms. The monoisotopic (exact) mass is 295 g/mol. The Kier molecular flexibility index (Phi) is 2.99. The average Bonchev–Trinajstić information content (AvgIpc) is 3.06. The first-order chi connectivity index (χ1) is 10.7. The van der Waals surface area contributed by atoms with Crippen LogP contribution in [0, 0.1) is 0 Å². The molecule has 1 aliphatic rings. The third-order valence-electron chi connectivity index (χ3n) is 3.83. The molecule has 0 saturated heterocycles. The maximum Gasteiger partial charge on any atom is 0.205 e. The number of aromatic amines is 1. The van der Waals surface area contributed by atoms with E-state index < -0.39 is 0 Å². The van der Waals surface area contributed by atoms with Crippen LogP contribution >= 0.6 is 0 Å². The topological polar surface area (TPSA) is 85.2 Å². The third kappa shape index (κ3) is 2.18. The zero-order chi connectivity index (χ0) is 15.1. The summed E-state index contributed by atoms with van der Waals surface area (Å²) in [4.78, 5) is 4.80. The van der Waals surface area contributed by atoms with Gasteiger partial charge in [-0.15, -0.1) is 10.2 Å². The Hall–Kier alpha value is -2.57. The Bertz CT molecular complexity index is 784. The van der Waals surface area contributed by atoms with Gasteiger partial charge in [0.1, 0.15) is 0 Å². The minimum Gasteiger partial charge on any atom is -0.243 e. The second-order valence-electron chi connectivity index (χ2n) is 5.89. The maximum atomic E-state index is 4.80. The van der Waals surface area contributed by atoms with E-state index in [0.29, 0.717) is 11.7 Å². The molecule has 0 amide bonds. The molecule has 4 rings (SSSR count). The van der Waals surface area contributed by atoms with Crippen molar-refractivity contribution in [3.8, 4) is 22.8 Å². The van der Waals surface area contributed by atoms with Gasteiger partial charge in [0.2, 0.25) is 5.82 Å². The second kappa shape index (κ2) is 5.01. The number of nitrogens with zero attached hydrogens (tertiary/aromatic N) is 6. The van der Waals surface area contributed by atoms with Gasteiger partial charge in [0.05, 0.1) is 0 Å². The number of H-pyrrole nitrogens is 1. The smallest absolute Gasteiger partial charge is 0.205 e. The fraction of sp³-hybridized carbons (Fsp3) is 0.400. The van der Waals surface area contributed by atoms with Crippen molar-refractivity contribution >= 4 is 0 Å². The summed E-state index contributed by atoms with van der Waals surface area (Å²) in [6, 6.07) is 8.22. The Morgan fingerprint density at radius 1 is 1.18 bits per heavy atom. The fourth-order valence-corrected chi connectivity index (χ4v) is 2.55. The molecule has 2 heterocycles. The highest BCUT2D eigenvalue weighted by atomic mass is 15.5. The van der Waals surface area contributed by atoms with Gasteiger partial charge in [0.25, 0.3) is 0 Å². The van der Waals surface area contributed by atoms with Gasteiger partial charge in [0.15, 0.2) is 11.6 Å². The molecule has 1 N–H and O–H groups in total. The summed E-state index contributed by atoms with van der Waals surface area (Å²) in [6.07, 6.45) is 2.38. The fourth-order valence-electron chi connectivity index (χ4n) is 2.55. The van der Waals surface area contributed by atoms with Crippen LogP contribution in [0.5, 0.6) is 0 Å². The Balaban J connectivity index is 1.88. The minimum atomic E-state index is 0.244. The van der Waals surface area contributed by atoms with E-state index in [2.05, 4.69) is 34.5 Å². The minimum absolute atomic E-state index is 0.244. The highest BCUT2D eigenvalue weighted by molar-refractivity contribution is 5.76. The van der Waals surface area contributed by atoms with Crippen LogP contribution in [0.15, 0.2) is 24.3 Å². The van der Waals surface area contributed by atoms with E-state index in [9.17, 15) is 0 Å². The van der Waals surface area contributed by atoms with Crippen molar-refractivity contribution < 1.29 is 0 Å². The molecule has 0 atom stereocenters. The van der Waals surface area contributed by atoms with Crippen LogP contribution < -0.4 is 0 Å². The molecular formula is C15H17N7. The predicted octanol–water partition coefficient (Wildman–Crippen LogP) is 2.58. The molecule has 112 valence electrons. The van der Waals surface area contributed by atoms with E-state index in [1.807, 2.05) is 28.9 Å². The molecule has 1 saturated carbocycles. The van der Waals surface area contributed by atoms with E-state index in [4.69, 9.17) is 10.1 Å². The number of rotatable bonds is 4. The summed E-state index contributed by atoms with van der Waals surface area (Å²) < 4.78 is 1.99. The molecule has 0 radical (unpaired) electrons. The lowest BCUT2D eigenvalue weighted by Gasteiger charge is -2.11. The van der Waals surface area contributed by atoms with Gasteiger partial charge in [-0.3, -0.25) is 0 Å². The molecule has 1 aliphatic carbocycles. The first-order valence-corrected chi connectivity index (χ1v) is 7.53. The highest BCUT2D eigenvalue weighted by Crippen LogP contribution is 2.40. The Morgan fingerprint density at radius 2 is 1.95 bits per heavy atom. The van der Waals surface area contributed by atoms with Crippen molar-refractivity contribution in [3.05, 3.63) is 30.1 Å². The van der Waals surface area contributed by atoms with Gasteiger partial charge in [-0.05, 0) is 31.9 Å². The van der Waals surface area contributed by atoms with Crippen molar-refractivity contribution in [3.63, 3.8) is 0 Å². The summed E-state index contributed by atoms with van der Waals surface area (Å²) in [5.74, 6) is 2.92. The third-order valence-corrected chi connectivity index (χ3v) is 3.83. The summed E-state index contributed by atoms with van der Waals surface area (Å²) in [5.41, 5.74) is 1.89. The number of tetrazole rings is 1. The van der Waals surface area contributed by atoms with Gasteiger partial charge >= 0.3 is 0 Å². The molecular weight excluding hydrogens is 278 g/mol. The van der Waals surface area contributed by atoms with Crippen molar-refractivity contribution in [2.24, 2.45) is 0 Å². The van der Waals surface area contributed by atoms with Crippen LogP contribution in [-0.2, 0) is 0 Å². The number of hydrogen-bond donors (Lipinski definition) is 1. The quantitative estimate of drug-likeness (QED) is 0.799. The Morgan fingerprint density at radius 3 is 2.59 bits per heavy atom. The first kappa shape index (κ1) is 13.1. The summed E-state index contributed by atoms with van der Waals surface area (Å²) >= 11 is 0. The lowest BCUT2D eigenvalue weighted by Crippen LogP contribution is -2.06. The molecule has 7 nitrogen and oxygen atoms in total. The van der Waals surface area contributed by atoms with E-state index in [1.54, 1.807) is 0 Å². The van der Waals surface area contributed by atoms with Crippen LogP contribution in [0.3, 0.4) is 0 Å². The average molecular weight is 295 g/mol. The van der Waals surface area contributed by atoms with Gasteiger partial charge in [-0.25, -0.2) is 9.67 Å². The first-order valence-electron chi connectivity index (χ1n) is 7.53. The van der Waals surface area contributed by atoms with E-state index in [-0.39, 0.29) is 6.04 Å². The van der Waals surface area contributed by atoms with Gasteiger partial charge < -0.3 is 0 Å². The SMILES string of the molecule is CC(C)n1nc(C2CC2)nc1-c1ccccc1-c1nn[nH]n1. The predicted molar refractivity (Wildman–Crippen MR) is 81.0 cm³/mol. The van der Waals surface area contributed by atoms with Crippen LogP contribution in [0.4, 0.5) is 0 Å². The van der Waals surface area contributed by atoms with E-state index in [1.165, 1.54) is 12.8 Å². The number of benzene rings is 1. The normalized spacial score (nSPS) is 14.7. The molecule has 1 fully saturated rings. The lowest BCUT2D eigenvalue weighted by atomic mass is 10.1. The van der Waals surface area contributed by atoms with Crippen LogP contribution in [0.2, 0.25) is 0 Å². The largest absolute Gasteiger partial charge is 0.243 e. The molecule has 0 unspecified atom stereocenters. The van der Waals surface area contributed by atoms with Crippen molar-refractivity contribution in [1.82, 2.24) is 35.4 Å². The Labute approximate surface area is 127 Å². The highest BCUT2D eigenvalue weighted by Gasteiger charge is 2.30. The molecule has 2 aromatic heterocycles. The summed E-state index contributed by atoms with van der Waals surface area (Å²) in [7, 11) is 0. The number of nitrogens with one attached hydrogen (secondary N) is 1. The summed E-state index contributed by atoms with van der Waals surface area (Å²) in [5, 5.41) is 19.1.